The number of aliphatic carboxylic acids is 1. The summed E-state index contributed by atoms with van der Waals surface area (Å²) in [6.07, 6.45) is 8.66. The summed E-state index contributed by atoms with van der Waals surface area (Å²) in [5, 5.41) is 14.8. The van der Waals surface area contributed by atoms with Crippen LogP contribution in [0.15, 0.2) is 12.4 Å². The van der Waals surface area contributed by atoms with Crippen molar-refractivity contribution >= 4 is 12.0 Å². The molecular weight excluding hydrogens is 272 g/mol. The number of H-pyrrole nitrogens is 1. The Hall–Kier alpha value is -2.05. The standard InChI is InChI=1S/C14H22N4O3/c19-12(20)14(6-3-1-2-4-7-14)18-13(21)17-8-5-11-15-9-10-16-11/h9-10H,1-8H2,(H,15,16)(H,19,20)(H2,17,18,21). The third-order valence-electron chi connectivity index (χ3n) is 3.92. The highest BCUT2D eigenvalue weighted by molar-refractivity contribution is 5.86. The summed E-state index contributed by atoms with van der Waals surface area (Å²) >= 11 is 0. The smallest absolute Gasteiger partial charge is 0.329 e. The average Bonchev–Trinajstić information content (AvgIpc) is 2.84. The highest BCUT2D eigenvalue weighted by atomic mass is 16.4. The molecule has 2 rings (SSSR count). The van der Waals surface area contributed by atoms with Gasteiger partial charge in [0.05, 0.1) is 0 Å². The molecule has 1 fully saturated rings. The van der Waals surface area contributed by atoms with E-state index in [0.717, 1.165) is 31.5 Å². The molecule has 0 radical (unpaired) electrons. The molecule has 7 heteroatoms. The number of carbonyl (C=O) groups excluding carboxylic acids is 1. The molecule has 1 aliphatic carbocycles. The summed E-state index contributed by atoms with van der Waals surface area (Å²) in [6.45, 7) is 0.412. The van der Waals surface area contributed by atoms with E-state index in [4.69, 9.17) is 0 Å². The van der Waals surface area contributed by atoms with Gasteiger partial charge < -0.3 is 20.7 Å². The number of nitrogens with zero attached hydrogens (tertiary/aromatic N) is 1. The Morgan fingerprint density at radius 1 is 1.29 bits per heavy atom. The minimum Gasteiger partial charge on any atom is -0.480 e. The van der Waals surface area contributed by atoms with E-state index >= 15 is 0 Å². The molecule has 0 aromatic carbocycles. The summed E-state index contributed by atoms with van der Waals surface area (Å²) in [4.78, 5) is 30.5. The highest BCUT2D eigenvalue weighted by Gasteiger charge is 2.39. The SMILES string of the molecule is O=C(NCCc1ncc[nH]1)NC1(C(=O)O)CCCCCC1. The van der Waals surface area contributed by atoms with Gasteiger partial charge in [-0.2, -0.15) is 0 Å². The Bertz CT molecular complexity index is 465. The molecule has 0 spiro atoms. The van der Waals surface area contributed by atoms with Crippen LogP contribution in [-0.2, 0) is 11.2 Å². The van der Waals surface area contributed by atoms with Crippen molar-refractivity contribution in [2.24, 2.45) is 0 Å². The average molecular weight is 294 g/mol. The van der Waals surface area contributed by atoms with Crippen molar-refractivity contribution in [3.8, 4) is 0 Å². The van der Waals surface area contributed by atoms with Crippen LogP contribution in [0.4, 0.5) is 4.79 Å². The first-order chi connectivity index (χ1) is 10.1. The summed E-state index contributed by atoms with van der Waals surface area (Å²) in [5.41, 5.74) is -1.12. The van der Waals surface area contributed by atoms with Crippen LogP contribution in [0.1, 0.15) is 44.3 Å². The van der Waals surface area contributed by atoms with Crippen molar-refractivity contribution in [1.82, 2.24) is 20.6 Å². The van der Waals surface area contributed by atoms with E-state index in [1.807, 2.05) is 0 Å². The van der Waals surface area contributed by atoms with E-state index in [0.29, 0.717) is 25.8 Å². The van der Waals surface area contributed by atoms with Gasteiger partial charge in [-0.05, 0) is 12.8 Å². The maximum absolute atomic E-state index is 11.9. The predicted octanol–water partition coefficient (Wildman–Crippen LogP) is 1.43. The molecule has 0 unspecified atom stereocenters. The van der Waals surface area contributed by atoms with Crippen LogP contribution >= 0.6 is 0 Å². The lowest BCUT2D eigenvalue weighted by atomic mass is 9.90. The minimum absolute atomic E-state index is 0.412. The van der Waals surface area contributed by atoms with E-state index in [-0.39, 0.29) is 0 Å². The molecule has 4 N–H and O–H groups in total. The fourth-order valence-electron chi connectivity index (χ4n) is 2.72. The Labute approximate surface area is 123 Å². The zero-order chi connectivity index (χ0) is 15.1. The lowest BCUT2D eigenvalue weighted by Gasteiger charge is -2.29. The first kappa shape index (κ1) is 15.3. The van der Waals surface area contributed by atoms with Crippen LogP contribution in [0, 0.1) is 0 Å². The van der Waals surface area contributed by atoms with E-state index in [1.165, 1.54) is 0 Å². The highest BCUT2D eigenvalue weighted by Crippen LogP contribution is 2.27. The molecule has 116 valence electrons. The molecule has 1 aromatic rings. The number of aromatic nitrogens is 2. The van der Waals surface area contributed by atoms with Crippen LogP contribution in [-0.4, -0.2) is 39.2 Å². The van der Waals surface area contributed by atoms with Gasteiger partial charge in [-0.15, -0.1) is 0 Å². The van der Waals surface area contributed by atoms with E-state index in [2.05, 4.69) is 20.6 Å². The summed E-state index contributed by atoms with van der Waals surface area (Å²) in [6, 6.07) is -0.425. The Kier molecular flexibility index (Phi) is 5.19. The number of hydrogen-bond acceptors (Lipinski definition) is 3. The molecule has 2 amide bonds. The van der Waals surface area contributed by atoms with Crippen LogP contribution < -0.4 is 10.6 Å². The molecule has 0 aliphatic heterocycles. The second kappa shape index (κ2) is 7.10. The number of imidazole rings is 1. The van der Waals surface area contributed by atoms with Gasteiger partial charge in [0.15, 0.2) is 0 Å². The van der Waals surface area contributed by atoms with Gasteiger partial charge in [0.1, 0.15) is 11.4 Å². The van der Waals surface area contributed by atoms with Crippen molar-refractivity contribution in [2.75, 3.05) is 6.54 Å². The number of nitrogens with one attached hydrogen (secondary N) is 3. The Morgan fingerprint density at radius 3 is 2.57 bits per heavy atom. The number of hydrogen-bond donors (Lipinski definition) is 4. The van der Waals surface area contributed by atoms with Gasteiger partial charge in [-0.3, -0.25) is 0 Å². The monoisotopic (exact) mass is 294 g/mol. The van der Waals surface area contributed by atoms with Gasteiger partial charge in [0, 0.05) is 25.4 Å². The van der Waals surface area contributed by atoms with Crippen LogP contribution in [0.2, 0.25) is 0 Å². The van der Waals surface area contributed by atoms with Gasteiger partial charge in [0.2, 0.25) is 0 Å². The normalized spacial score (nSPS) is 17.7. The zero-order valence-electron chi connectivity index (χ0n) is 12.0. The topological polar surface area (TPSA) is 107 Å². The van der Waals surface area contributed by atoms with Crippen LogP contribution in [0.5, 0.6) is 0 Å². The maximum Gasteiger partial charge on any atom is 0.329 e. The summed E-state index contributed by atoms with van der Waals surface area (Å²) < 4.78 is 0. The van der Waals surface area contributed by atoms with Crippen molar-refractivity contribution in [1.29, 1.82) is 0 Å². The second-order valence-corrected chi connectivity index (χ2v) is 5.47. The van der Waals surface area contributed by atoms with Crippen molar-refractivity contribution in [2.45, 2.75) is 50.5 Å². The number of aromatic amines is 1. The van der Waals surface area contributed by atoms with E-state index < -0.39 is 17.5 Å². The largest absolute Gasteiger partial charge is 0.480 e. The minimum atomic E-state index is -1.12. The summed E-state index contributed by atoms with van der Waals surface area (Å²) in [7, 11) is 0. The molecule has 1 heterocycles. The van der Waals surface area contributed by atoms with Crippen molar-refractivity contribution in [3.63, 3.8) is 0 Å². The molecular formula is C14H22N4O3. The predicted molar refractivity (Wildman–Crippen MR) is 76.9 cm³/mol. The quantitative estimate of drug-likeness (QED) is 0.616. The van der Waals surface area contributed by atoms with E-state index in [9.17, 15) is 14.7 Å². The molecule has 21 heavy (non-hydrogen) atoms. The van der Waals surface area contributed by atoms with Crippen LogP contribution in [0.25, 0.3) is 0 Å². The molecule has 1 saturated carbocycles. The molecule has 1 aromatic heterocycles. The first-order valence-electron chi connectivity index (χ1n) is 7.40. The number of carbonyl (C=O) groups is 2. The fourth-order valence-corrected chi connectivity index (χ4v) is 2.72. The van der Waals surface area contributed by atoms with E-state index in [1.54, 1.807) is 12.4 Å². The summed E-state index contributed by atoms with van der Waals surface area (Å²) in [5.74, 6) is -0.150. The molecule has 1 aliphatic rings. The van der Waals surface area contributed by atoms with Gasteiger partial charge >= 0.3 is 12.0 Å². The van der Waals surface area contributed by atoms with Gasteiger partial charge in [-0.1, -0.05) is 25.7 Å². The molecule has 7 nitrogen and oxygen atoms in total. The van der Waals surface area contributed by atoms with Crippen molar-refractivity contribution < 1.29 is 14.7 Å². The Balaban J connectivity index is 1.84. The fraction of sp³-hybridized carbons (Fsp3) is 0.643. The maximum atomic E-state index is 11.9. The Morgan fingerprint density at radius 2 is 2.00 bits per heavy atom. The lowest BCUT2D eigenvalue weighted by molar-refractivity contribution is -0.145. The second-order valence-electron chi connectivity index (χ2n) is 5.47. The third-order valence-corrected chi connectivity index (χ3v) is 3.92. The molecule has 0 bridgehead atoms. The number of carboxylic acids is 1. The van der Waals surface area contributed by atoms with Gasteiger partial charge in [-0.25, -0.2) is 14.6 Å². The molecule has 0 atom stereocenters. The number of carboxylic acid groups (broad SMARTS) is 1. The first-order valence-corrected chi connectivity index (χ1v) is 7.40. The van der Waals surface area contributed by atoms with Gasteiger partial charge in [0.25, 0.3) is 0 Å². The van der Waals surface area contributed by atoms with Crippen LogP contribution in [0.3, 0.4) is 0 Å². The number of rotatable bonds is 5. The third kappa shape index (κ3) is 4.21. The number of urea groups is 1. The number of amides is 2. The lowest BCUT2D eigenvalue weighted by Crippen LogP contribution is -2.57. The van der Waals surface area contributed by atoms with Crippen molar-refractivity contribution in [3.05, 3.63) is 18.2 Å². The zero-order valence-corrected chi connectivity index (χ0v) is 12.0. The molecule has 0 saturated heterocycles.